The highest BCUT2D eigenvalue weighted by molar-refractivity contribution is 6.30. The molecule has 0 spiro atoms. The van der Waals surface area contributed by atoms with Crippen LogP contribution in [0.3, 0.4) is 0 Å². The molecule has 0 saturated carbocycles. The van der Waals surface area contributed by atoms with Gasteiger partial charge in [0.25, 0.3) is 0 Å². The first kappa shape index (κ1) is 12.0. The fourth-order valence-electron chi connectivity index (χ4n) is 1.14. The van der Waals surface area contributed by atoms with Crippen LogP contribution in [-0.2, 0) is 11.3 Å². The van der Waals surface area contributed by atoms with Gasteiger partial charge in [0.15, 0.2) is 0 Å². The predicted octanol–water partition coefficient (Wildman–Crippen LogP) is 0.989. The molecule has 0 aliphatic heterocycles. The summed E-state index contributed by atoms with van der Waals surface area (Å²) in [5, 5.41) is 16.3. The number of nitrogens with one attached hydrogen (secondary N) is 1. The van der Waals surface area contributed by atoms with Gasteiger partial charge in [0.2, 0.25) is 0 Å². The van der Waals surface area contributed by atoms with Gasteiger partial charge < -0.3 is 10.4 Å². The molecule has 0 aromatic carbocycles. The maximum atomic E-state index is 11.0. The van der Waals surface area contributed by atoms with E-state index in [-0.39, 0.29) is 0 Å². The van der Waals surface area contributed by atoms with Crippen molar-refractivity contribution in [1.29, 1.82) is 0 Å². The van der Waals surface area contributed by atoms with E-state index in [1.165, 1.54) is 6.20 Å². The fourth-order valence-corrected chi connectivity index (χ4v) is 1.29. The molecule has 1 aromatic rings. The van der Waals surface area contributed by atoms with E-state index in [1.807, 2.05) is 0 Å². The van der Waals surface area contributed by atoms with Gasteiger partial charge in [-0.1, -0.05) is 11.6 Å². The molecule has 0 fully saturated rings. The van der Waals surface area contributed by atoms with Crippen molar-refractivity contribution in [2.45, 2.75) is 25.4 Å². The van der Waals surface area contributed by atoms with Crippen molar-refractivity contribution in [2.24, 2.45) is 0 Å². The van der Waals surface area contributed by atoms with E-state index in [9.17, 15) is 4.79 Å². The molecule has 0 aliphatic carbocycles. The van der Waals surface area contributed by atoms with E-state index in [2.05, 4.69) is 10.4 Å². The van der Waals surface area contributed by atoms with E-state index in [4.69, 9.17) is 16.7 Å². The molecule has 0 aliphatic rings. The molecule has 84 valence electrons. The standard InChI is InChI=1S/C9H14ClN3O2/c1-9(11-2,8(14)15)3-4-13-6-7(10)5-12-13/h5-6,11H,3-4H2,1-2H3,(H,14,15). The molecule has 0 radical (unpaired) electrons. The van der Waals surface area contributed by atoms with Crippen molar-refractivity contribution in [1.82, 2.24) is 15.1 Å². The highest BCUT2D eigenvalue weighted by atomic mass is 35.5. The van der Waals surface area contributed by atoms with Gasteiger partial charge in [-0.25, -0.2) is 0 Å². The van der Waals surface area contributed by atoms with Gasteiger partial charge in [0.1, 0.15) is 5.54 Å². The Balaban J connectivity index is 2.59. The summed E-state index contributed by atoms with van der Waals surface area (Å²) in [5.74, 6) is -0.872. The Kier molecular flexibility index (Phi) is 3.71. The minimum atomic E-state index is -0.932. The van der Waals surface area contributed by atoms with Crippen LogP contribution in [0.4, 0.5) is 0 Å². The Hall–Kier alpha value is -1.07. The van der Waals surface area contributed by atoms with Gasteiger partial charge in [-0.15, -0.1) is 0 Å². The number of carbonyl (C=O) groups is 1. The summed E-state index contributed by atoms with van der Waals surface area (Å²) in [6.07, 6.45) is 3.63. The maximum absolute atomic E-state index is 11.0. The number of hydrogen-bond donors (Lipinski definition) is 2. The average molecular weight is 232 g/mol. The molecule has 0 saturated heterocycles. The Labute approximate surface area is 93.0 Å². The molecule has 6 heteroatoms. The highest BCUT2D eigenvalue weighted by Crippen LogP contribution is 2.12. The summed E-state index contributed by atoms with van der Waals surface area (Å²) < 4.78 is 1.63. The van der Waals surface area contributed by atoms with E-state index in [0.717, 1.165) is 0 Å². The zero-order valence-corrected chi connectivity index (χ0v) is 9.45. The number of likely N-dealkylation sites (N-methyl/N-ethyl adjacent to an activating group) is 1. The second kappa shape index (κ2) is 4.63. The molecule has 1 atom stereocenters. The molecular weight excluding hydrogens is 218 g/mol. The Morgan fingerprint density at radius 3 is 2.87 bits per heavy atom. The molecule has 15 heavy (non-hydrogen) atoms. The number of rotatable bonds is 5. The number of hydrogen-bond acceptors (Lipinski definition) is 3. The van der Waals surface area contributed by atoms with Crippen molar-refractivity contribution >= 4 is 17.6 Å². The highest BCUT2D eigenvalue weighted by Gasteiger charge is 2.30. The first-order valence-corrected chi connectivity index (χ1v) is 4.96. The largest absolute Gasteiger partial charge is 0.480 e. The number of aryl methyl sites for hydroxylation is 1. The SMILES string of the molecule is CNC(C)(CCn1cc(Cl)cn1)C(=O)O. The van der Waals surface area contributed by atoms with Gasteiger partial charge >= 0.3 is 5.97 Å². The molecule has 0 amide bonds. The van der Waals surface area contributed by atoms with Crippen molar-refractivity contribution in [3.05, 3.63) is 17.4 Å². The number of nitrogens with zero attached hydrogens (tertiary/aromatic N) is 2. The first-order chi connectivity index (χ1) is 6.98. The van der Waals surface area contributed by atoms with Crippen molar-refractivity contribution < 1.29 is 9.90 Å². The Bertz CT molecular complexity index is 353. The third kappa shape index (κ3) is 2.94. The molecule has 2 N–H and O–H groups in total. The lowest BCUT2D eigenvalue weighted by molar-refractivity contribution is -0.144. The Morgan fingerprint density at radius 2 is 2.47 bits per heavy atom. The number of carboxylic acid groups (broad SMARTS) is 1. The van der Waals surface area contributed by atoms with Gasteiger partial charge in [-0.05, 0) is 20.4 Å². The molecule has 1 rings (SSSR count). The maximum Gasteiger partial charge on any atom is 0.323 e. The predicted molar refractivity (Wildman–Crippen MR) is 57.0 cm³/mol. The Morgan fingerprint density at radius 1 is 1.80 bits per heavy atom. The molecule has 1 unspecified atom stereocenters. The molecule has 0 bridgehead atoms. The summed E-state index contributed by atoms with van der Waals surface area (Å²) in [4.78, 5) is 11.0. The van der Waals surface area contributed by atoms with Crippen LogP contribution in [0.5, 0.6) is 0 Å². The van der Waals surface area contributed by atoms with Crippen LogP contribution < -0.4 is 5.32 Å². The van der Waals surface area contributed by atoms with E-state index < -0.39 is 11.5 Å². The van der Waals surface area contributed by atoms with E-state index >= 15 is 0 Å². The van der Waals surface area contributed by atoms with Crippen LogP contribution >= 0.6 is 11.6 Å². The third-order valence-electron chi connectivity index (χ3n) is 2.47. The molecular formula is C9H14ClN3O2. The summed E-state index contributed by atoms with van der Waals surface area (Å²) >= 11 is 5.69. The van der Waals surface area contributed by atoms with Gasteiger partial charge in [0.05, 0.1) is 11.2 Å². The fraction of sp³-hybridized carbons (Fsp3) is 0.556. The first-order valence-electron chi connectivity index (χ1n) is 4.58. The number of aliphatic carboxylic acids is 1. The normalized spacial score (nSPS) is 14.9. The summed E-state index contributed by atoms with van der Waals surface area (Å²) in [7, 11) is 1.63. The van der Waals surface area contributed by atoms with E-state index in [1.54, 1.807) is 24.9 Å². The van der Waals surface area contributed by atoms with Crippen LogP contribution in [0.1, 0.15) is 13.3 Å². The van der Waals surface area contributed by atoms with Gasteiger partial charge in [-0.3, -0.25) is 9.48 Å². The van der Waals surface area contributed by atoms with Crippen LogP contribution in [0.25, 0.3) is 0 Å². The lowest BCUT2D eigenvalue weighted by atomic mass is 9.98. The molecule has 1 aromatic heterocycles. The van der Waals surface area contributed by atoms with E-state index in [0.29, 0.717) is 18.0 Å². The zero-order valence-electron chi connectivity index (χ0n) is 8.70. The lowest BCUT2D eigenvalue weighted by Gasteiger charge is -2.23. The molecule has 1 heterocycles. The monoisotopic (exact) mass is 231 g/mol. The summed E-state index contributed by atoms with van der Waals surface area (Å²) in [5.41, 5.74) is -0.932. The van der Waals surface area contributed by atoms with Gasteiger partial charge in [0, 0.05) is 12.7 Å². The van der Waals surface area contributed by atoms with Crippen molar-refractivity contribution in [3.63, 3.8) is 0 Å². The topological polar surface area (TPSA) is 67.2 Å². The third-order valence-corrected chi connectivity index (χ3v) is 2.66. The summed E-state index contributed by atoms with van der Waals surface area (Å²) in [6.45, 7) is 2.15. The second-order valence-electron chi connectivity index (χ2n) is 3.56. The van der Waals surface area contributed by atoms with Crippen LogP contribution in [0.2, 0.25) is 5.02 Å². The zero-order chi connectivity index (χ0) is 11.5. The summed E-state index contributed by atoms with van der Waals surface area (Å²) in [6, 6.07) is 0. The van der Waals surface area contributed by atoms with Crippen molar-refractivity contribution in [2.75, 3.05) is 7.05 Å². The number of carboxylic acids is 1. The number of halogens is 1. The van der Waals surface area contributed by atoms with Crippen LogP contribution in [0.15, 0.2) is 12.4 Å². The van der Waals surface area contributed by atoms with Crippen LogP contribution in [0, 0.1) is 0 Å². The molecule has 5 nitrogen and oxygen atoms in total. The van der Waals surface area contributed by atoms with Crippen LogP contribution in [-0.4, -0.2) is 33.4 Å². The quantitative estimate of drug-likeness (QED) is 0.793. The minimum Gasteiger partial charge on any atom is -0.480 e. The minimum absolute atomic E-state index is 0.441. The van der Waals surface area contributed by atoms with Gasteiger partial charge in [-0.2, -0.15) is 5.10 Å². The smallest absolute Gasteiger partial charge is 0.323 e. The number of aromatic nitrogens is 2. The second-order valence-corrected chi connectivity index (χ2v) is 4.00. The average Bonchev–Trinajstić information content (AvgIpc) is 2.60. The van der Waals surface area contributed by atoms with Crippen molar-refractivity contribution in [3.8, 4) is 0 Å². The lowest BCUT2D eigenvalue weighted by Crippen LogP contribution is -2.48.